The Kier molecular flexibility index (Phi) is 3.73. The van der Waals surface area contributed by atoms with Crippen molar-refractivity contribution >= 4 is 5.91 Å². The zero-order valence-corrected chi connectivity index (χ0v) is 8.33. The molecule has 3 heteroatoms. The van der Waals surface area contributed by atoms with Crippen LogP contribution in [0.2, 0.25) is 0 Å². The first-order chi connectivity index (χ1) is 6.65. The molecule has 1 unspecified atom stereocenters. The van der Waals surface area contributed by atoms with E-state index in [4.69, 9.17) is 12.2 Å². The van der Waals surface area contributed by atoms with E-state index < -0.39 is 6.04 Å². The number of piperidine rings is 1. The van der Waals surface area contributed by atoms with Crippen LogP contribution in [0.4, 0.5) is 0 Å². The zero-order valence-electron chi connectivity index (χ0n) is 8.33. The topological polar surface area (TPSA) is 46.3 Å². The predicted molar refractivity (Wildman–Crippen MR) is 56.4 cm³/mol. The largest absolute Gasteiger partial charge is 0.341 e. The number of rotatable bonds is 2. The van der Waals surface area contributed by atoms with Crippen molar-refractivity contribution in [1.82, 2.24) is 4.90 Å². The summed E-state index contributed by atoms with van der Waals surface area (Å²) in [5, 5.41) is 0. The maximum Gasteiger partial charge on any atom is 0.240 e. The second-order valence-corrected chi connectivity index (χ2v) is 3.59. The van der Waals surface area contributed by atoms with Crippen LogP contribution in [0.15, 0.2) is 12.2 Å². The molecule has 0 bridgehead atoms. The number of nitrogens with zero attached hydrogens (tertiary/aromatic N) is 1. The summed E-state index contributed by atoms with van der Waals surface area (Å²) < 4.78 is 0. The molecule has 2 N–H and O–H groups in total. The van der Waals surface area contributed by atoms with Gasteiger partial charge in [-0.15, -0.1) is 12.3 Å². The molecular formula is C11H16N2O. The monoisotopic (exact) mass is 192 g/mol. The minimum absolute atomic E-state index is 0.0320. The number of hydrogen-bond acceptors (Lipinski definition) is 2. The summed E-state index contributed by atoms with van der Waals surface area (Å²) >= 11 is 0. The molecule has 0 spiro atoms. The van der Waals surface area contributed by atoms with E-state index in [-0.39, 0.29) is 5.91 Å². The highest BCUT2D eigenvalue weighted by atomic mass is 16.2. The van der Waals surface area contributed by atoms with Crippen LogP contribution in [-0.2, 0) is 4.79 Å². The van der Waals surface area contributed by atoms with Gasteiger partial charge in [-0.1, -0.05) is 12.2 Å². The maximum absolute atomic E-state index is 11.7. The lowest BCUT2D eigenvalue weighted by Crippen LogP contribution is -2.46. The Bertz CT molecular complexity index is 268. The van der Waals surface area contributed by atoms with Gasteiger partial charge < -0.3 is 10.6 Å². The van der Waals surface area contributed by atoms with Gasteiger partial charge in [-0.3, -0.25) is 4.79 Å². The summed E-state index contributed by atoms with van der Waals surface area (Å²) in [7, 11) is 0. The van der Waals surface area contributed by atoms with Crippen molar-refractivity contribution < 1.29 is 4.79 Å². The highest BCUT2D eigenvalue weighted by Gasteiger charge is 2.22. The minimum Gasteiger partial charge on any atom is -0.341 e. The average Bonchev–Trinajstić information content (AvgIpc) is 2.18. The summed E-state index contributed by atoms with van der Waals surface area (Å²) in [4.78, 5) is 13.4. The lowest BCUT2D eigenvalue weighted by Gasteiger charge is -2.29. The van der Waals surface area contributed by atoms with Crippen LogP contribution in [0.25, 0.3) is 0 Å². The van der Waals surface area contributed by atoms with Crippen LogP contribution in [0.5, 0.6) is 0 Å². The van der Waals surface area contributed by atoms with Crippen molar-refractivity contribution in [2.45, 2.75) is 25.3 Å². The number of carbonyl (C=O) groups excluding carboxylic acids is 1. The molecule has 1 fully saturated rings. The number of nitrogens with two attached hydrogens (primary N) is 1. The lowest BCUT2D eigenvalue weighted by molar-refractivity contribution is -0.132. The number of terminal acetylenes is 1. The van der Waals surface area contributed by atoms with Gasteiger partial charge in [-0.05, 0) is 12.8 Å². The van der Waals surface area contributed by atoms with E-state index in [0.29, 0.717) is 6.42 Å². The van der Waals surface area contributed by atoms with Gasteiger partial charge in [0.15, 0.2) is 0 Å². The van der Waals surface area contributed by atoms with E-state index in [1.54, 1.807) is 4.90 Å². The van der Waals surface area contributed by atoms with Gasteiger partial charge in [0, 0.05) is 19.5 Å². The molecule has 1 amide bonds. The first kappa shape index (κ1) is 10.8. The second kappa shape index (κ2) is 4.83. The van der Waals surface area contributed by atoms with Gasteiger partial charge in [-0.25, -0.2) is 0 Å². The highest BCUT2D eigenvalue weighted by Crippen LogP contribution is 2.14. The van der Waals surface area contributed by atoms with E-state index in [2.05, 4.69) is 12.5 Å². The van der Waals surface area contributed by atoms with Crippen LogP contribution in [0.3, 0.4) is 0 Å². The van der Waals surface area contributed by atoms with E-state index in [9.17, 15) is 4.79 Å². The first-order valence-corrected chi connectivity index (χ1v) is 4.79. The Balaban J connectivity index is 2.45. The Morgan fingerprint density at radius 1 is 1.64 bits per heavy atom. The van der Waals surface area contributed by atoms with Crippen LogP contribution >= 0.6 is 0 Å². The standard InChI is InChI=1S/C11H16N2O/c1-3-4-10(12)11(14)13-7-5-9(2)6-8-13/h1,10H,2,4-8,12H2. The fourth-order valence-electron chi connectivity index (χ4n) is 1.49. The zero-order chi connectivity index (χ0) is 10.6. The molecule has 1 rings (SSSR count). The van der Waals surface area contributed by atoms with Gasteiger partial charge in [0.1, 0.15) is 0 Å². The summed E-state index contributed by atoms with van der Waals surface area (Å²) in [5.41, 5.74) is 6.85. The van der Waals surface area contributed by atoms with Gasteiger partial charge in [0.05, 0.1) is 6.04 Å². The first-order valence-electron chi connectivity index (χ1n) is 4.79. The molecule has 1 aliphatic heterocycles. The quantitative estimate of drug-likeness (QED) is 0.512. The normalized spacial score (nSPS) is 18.9. The van der Waals surface area contributed by atoms with Gasteiger partial charge in [0.2, 0.25) is 5.91 Å². The molecule has 1 atom stereocenters. The predicted octanol–water partition coefficient (Wildman–Crippen LogP) is 0.516. The van der Waals surface area contributed by atoms with Crippen LogP contribution < -0.4 is 5.73 Å². The van der Waals surface area contributed by atoms with Gasteiger partial charge in [-0.2, -0.15) is 0 Å². The van der Waals surface area contributed by atoms with E-state index in [1.165, 1.54) is 5.57 Å². The Morgan fingerprint density at radius 3 is 2.71 bits per heavy atom. The van der Waals surface area contributed by atoms with Crippen molar-refractivity contribution in [1.29, 1.82) is 0 Å². The molecule has 76 valence electrons. The SMILES string of the molecule is C#CCC(N)C(=O)N1CCC(=C)CC1. The number of hydrogen-bond donors (Lipinski definition) is 1. The molecule has 0 aromatic rings. The Labute approximate surface area is 85.0 Å². The smallest absolute Gasteiger partial charge is 0.240 e. The fraction of sp³-hybridized carbons (Fsp3) is 0.545. The van der Waals surface area contributed by atoms with Crippen molar-refractivity contribution in [3.63, 3.8) is 0 Å². The molecule has 0 aromatic heterocycles. The fourth-order valence-corrected chi connectivity index (χ4v) is 1.49. The van der Waals surface area contributed by atoms with Crippen LogP contribution in [0, 0.1) is 12.3 Å². The Morgan fingerprint density at radius 2 is 2.21 bits per heavy atom. The van der Waals surface area contributed by atoms with Crippen LogP contribution in [0.1, 0.15) is 19.3 Å². The summed E-state index contributed by atoms with van der Waals surface area (Å²) in [5.74, 6) is 2.37. The molecule has 0 saturated carbocycles. The third-order valence-electron chi connectivity index (χ3n) is 2.44. The summed E-state index contributed by atoms with van der Waals surface area (Å²) in [6.45, 7) is 5.35. The molecule has 1 heterocycles. The third kappa shape index (κ3) is 2.61. The molecule has 3 nitrogen and oxygen atoms in total. The number of amides is 1. The molecule has 0 aromatic carbocycles. The summed E-state index contributed by atoms with van der Waals surface area (Å²) in [6, 6.07) is -0.536. The van der Waals surface area contributed by atoms with Crippen molar-refractivity contribution in [2.75, 3.05) is 13.1 Å². The van der Waals surface area contributed by atoms with E-state index in [1.807, 2.05) is 0 Å². The second-order valence-electron chi connectivity index (χ2n) is 3.59. The van der Waals surface area contributed by atoms with Crippen molar-refractivity contribution in [3.05, 3.63) is 12.2 Å². The lowest BCUT2D eigenvalue weighted by atomic mass is 10.0. The highest BCUT2D eigenvalue weighted by molar-refractivity contribution is 5.82. The summed E-state index contributed by atoms with van der Waals surface area (Å²) in [6.07, 6.45) is 7.19. The third-order valence-corrected chi connectivity index (χ3v) is 2.44. The molecule has 1 aliphatic rings. The number of likely N-dealkylation sites (tertiary alicyclic amines) is 1. The van der Waals surface area contributed by atoms with Crippen molar-refractivity contribution in [2.24, 2.45) is 5.73 Å². The maximum atomic E-state index is 11.7. The minimum atomic E-state index is -0.536. The average molecular weight is 192 g/mol. The molecule has 0 aliphatic carbocycles. The molecule has 0 radical (unpaired) electrons. The van der Waals surface area contributed by atoms with Crippen LogP contribution in [-0.4, -0.2) is 29.9 Å². The van der Waals surface area contributed by atoms with Gasteiger partial charge in [0.25, 0.3) is 0 Å². The number of carbonyl (C=O) groups is 1. The van der Waals surface area contributed by atoms with E-state index in [0.717, 1.165) is 25.9 Å². The van der Waals surface area contributed by atoms with Gasteiger partial charge >= 0.3 is 0 Å². The molecule has 1 saturated heterocycles. The van der Waals surface area contributed by atoms with Crippen molar-refractivity contribution in [3.8, 4) is 12.3 Å². The Hall–Kier alpha value is -1.27. The molecular weight excluding hydrogens is 176 g/mol. The van der Waals surface area contributed by atoms with E-state index >= 15 is 0 Å². The molecule has 14 heavy (non-hydrogen) atoms.